The number of nitrogens with zero attached hydrogens (tertiary/aromatic N) is 3. The van der Waals surface area contributed by atoms with E-state index in [4.69, 9.17) is 28.0 Å². The Kier molecular flexibility index (Phi) is 3.97. The van der Waals surface area contributed by atoms with Crippen LogP contribution in [0.2, 0.25) is 0 Å². The van der Waals surface area contributed by atoms with Crippen molar-refractivity contribution >= 4 is 40.3 Å². The smallest absolute Gasteiger partial charge is 0.337 e. The molecule has 40 heavy (non-hydrogen) atoms. The topological polar surface area (TPSA) is 82.2 Å². The molecule has 0 unspecified atom stereocenters. The van der Waals surface area contributed by atoms with E-state index in [-0.39, 0.29) is 27.3 Å². The number of piperazine rings is 1. The van der Waals surface area contributed by atoms with Gasteiger partial charge in [-0.25, -0.2) is 4.79 Å². The van der Waals surface area contributed by atoms with Gasteiger partial charge in [-0.3, -0.25) is 14.5 Å². The highest BCUT2D eigenvalue weighted by Gasteiger charge is 2.29. The van der Waals surface area contributed by atoms with E-state index >= 15 is 0 Å². The molecular formula is C32H34N4O4. The quantitative estimate of drug-likeness (QED) is 0.353. The Labute approximate surface area is 258 Å². The molecule has 0 bridgehead atoms. The van der Waals surface area contributed by atoms with Crippen molar-refractivity contribution in [3.8, 4) is 0 Å². The zero-order chi connectivity index (χ0) is 43.2. The van der Waals surface area contributed by atoms with Crippen molar-refractivity contribution in [2.24, 2.45) is 0 Å². The first kappa shape index (κ1) is 13.4. The number of nitrogens with one attached hydrogen (secondary N) is 1. The van der Waals surface area contributed by atoms with E-state index < -0.39 is 109 Å². The largest absolute Gasteiger partial charge is 0.465 e. The molecule has 1 N–H and O–H groups in total. The maximum atomic E-state index is 14.2. The van der Waals surface area contributed by atoms with Crippen LogP contribution in [0.5, 0.6) is 0 Å². The molecule has 0 aliphatic carbocycles. The number of hydrogen-bond donors (Lipinski definition) is 1. The molecule has 206 valence electrons. The summed E-state index contributed by atoms with van der Waals surface area (Å²) in [4.78, 5) is 38.7. The van der Waals surface area contributed by atoms with Crippen molar-refractivity contribution in [3.05, 3.63) is 95.0 Å². The normalized spacial score (nSPS) is 28.6. The second kappa shape index (κ2) is 11.9. The molecule has 8 nitrogen and oxygen atoms in total. The van der Waals surface area contributed by atoms with Crippen molar-refractivity contribution < 1.29 is 42.4 Å². The summed E-state index contributed by atoms with van der Waals surface area (Å²) in [6, 6.07) is 8.04. The highest BCUT2D eigenvalue weighted by molar-refractivity contribution is 6.37. The first-order valence-corrected chi connectivity index (χ1v) is 11.8. The fraction of sp³-hybridized carbons (Fsp3) is 0.281. The third-order valence-electron chi connectivity index (χ3n) is 5.92. The number of amides is 2. The summed E-state index contributed by atoms with van der Waals surface area (Å²) >= 11 is 0. The summed E-state index contributed by atoms with van der Waals surface area (Å²) in [5, 5.41) is 2.65. The van der Waals surface area contributed by atoms with Crippen molar-refractivity contribution in [3.63, 3.8) is 0 Å². The lowest BCUT2D eigenvalue weighted by Gasteiger charge is -2.32. The average molecular weight is 556 g/mol. The molecule has 2 heterocycles. The highest BCUT2D eigenvalue weighted by Crippen LogP contribution is 2.39. The van der Waals surface area contributed by atoms with Crippen LogP contribution in [0, 0.1) is 0 Å². The summed E-state index contributed by atoms with van der Waals surface area (Å²) in [6.07, 6.45) is -0.519. The lowest BCUT2D eigenvalue weighted by molar-refractivity contribution is -0.119. The van der Waals surface area contributed by atoms with E-state index in [0.29, 0.717) is 18.2 Å². The SMILES string of the molecule is [2H]c1c([2H])c(N(C(=O)C([2H])([2H])N2C([2H])([2H])C([2H])([2H])N(C)C([2H])([2H])C2([2H])[2H])C([2H])([2H])[2H])c([2H])c([2H])c1C/C(=C1\C(=O)Nc2cc(C(=O)OC)ccc21)c1ccccc1. The van der Waals surface area contributed by atoms with Gasteiger partial charge in [-0.2, -0.15) is 0 Å². The van der Waals surface area contributed by atoms with Gasteiger partial charge in [0.2, 0.25) is 5.91 Å². The van der Waals surface area contributed by atoms with Crippen LogP contribution in [0.1, 0.15) is 50.4 Å². The van der Waals surface area contributed by atoms with Crippen LogP contribution in [0.4, 0.5) is 11.4 Å². The Bertz CT molecular complexity index is 2150. The Balaban J connectivity index is 1.70. The minimum Gasteiger partial charge on any atom is -0.465 e. The molecule has 1 fully saturated rings. The van der Waals surface area contributed by atoms with Gasteiger partial charge in [-0.05, 0) is 54.4 Å². The van der Waals surface area contributed by atoms with Gasteiger partial charge in [0, 0.05) is 65.0 Å². The third kappa shape index (κ3) is 5.83. The Hall–Kier alpha value is -4.27. The summed E-state index contributed by atoms with van der Waals surface area (Å²) < 4.78 is 149. The molecule has 2 aliphatic heterocycles. The van der Waals surface area contributed by atoms with E-state index in [2.05, 4.69) is 5.32 Å². The molecule has 5 rings (SSSR count). The van der Waals surface area contributed by atoms with Crippen LogP contribution in [-0.2, 0) is 20.7 Å². The molecule has 1 saturated heterocycles. The molecule has 2 aliphatic rings. The fourth-order valence-electron chi connectivity index (χ4n) is 4.01. The first-order chi connectivity index (χ1) is 26.0. The molecule has 0 saturated carbocycles. The third-order valence-corrected chi connectivity index (χ3v) is 5.92. The summed E-state index contributed by atoms with van der Waals surface area (Å²) in [6.45, 7) is -23.1. The number of fused-ring (bicyclic) bond motifs is 1. The second-order valence-corrected chi connectivity index (χ2v) is 8.52. The molecule has 0 radical (unpaired) electrons. The van der Waals surface area contributed by atoms with Crippen molar-refractivity contribution in [1.29, 1.82) is 0 Å². The Morgan fingerprint density at radius 2 is 1.80 bits per heavy atom. The summed E-state index contributed by atoms with van der Waals surface area (Å²) in [7, 11) is 1.86. The number of carbonyl (C=O) groups is 3. The molecule has 0 aromatic heterocycles. The molecule has 8 heteroatoms. The van der Waals surface area contributed by atoms with Crippen molar-refractivity contribution in [2.45, 2.75) is 6.42 Å². The number of ether oxygens (including phenoxy) is 1. The predicted molar refractivity (Wildman–Crippen MR) is 157 cm³/mol. The molecule has 2 amide bonds. The molecule has 0 spiro atoms. The van der Waals surface area contributed by atoms with E-state index in [0.717, 1.165) is 0 Å². The van der Waals surface area contributed by atoms with E-state index in [1.54, 1.807) is 30.3 Å². The number of allylic oxidation sites excluding steroid dienone is 1. The van der Waals surface area contributed by atoms with Crippen LogP contribution in [-0.4, -0.2) is 81.2 Å². The summed E-state index contributed by atoms with van der Waals surface area (Å²) in [5.41, 5.74) is -0.542. The van der Waals surface area contributed by atoms with Gasteiger partial charge in [0.05, 0.1) is 33.0 Å². The standard InChI is InChI=1S/C32H34N4O4/c1-34-15-17-36(18-16-34)21-29(37)35(2)25-12-9-22(10-13-25)19-27(23-7-5-4-6-8-23)30-26-14-11-24(32(39)40-3)20-28(26)33-31(30)38/h4-14,20H,15-19,21H2,1-3H3,(H,33,38)/b30-27+/i2D3,9D,10D,12D,13D,15D2,16D2,17D2,18D2,21D2. The summed E-state index contributed by atoms with van der Waals surface area (Å²) in [5.74, 6) is -3.73. The average Bonchev–Trinajstić information content (AvgIpc) is 3.44. The Morgan fingerprint density at radius 1 is 1.07 bits per heavy atom. The van der Waals surface area contributed by atoms with Gasteiger partial charge in [0.25, 0.3) is 5.91 Å². The van der Waals surface area contributed by atoms with Crippen LogP contribution >= 0.6 is 0 Å². The van der Waals surface area contributed by atoms with Gasteiger partial charge in [0.15, 0.2) is 0 Å². The molecule has 3 aromatic rings. The first-order valence-electron chi connectivity index (χ1n) is 20.3. The van der Waals surface area contributed by atoms with Crippen molar-refractivity contribution in [1.82, 2.24) is 9.80 Å². The second-order valence-electron chi connectivity index (χ2n) is 8.52. The van der Waals surface area contributed by atoms with E-state index in [9.17, 15) is 14.4 Å². The van der Waals surface area contributed by atoms with Gasteiger partial charge < -0.3 is 19.9 Å². The minimum absolute atomic E-state index is 0.0201. The van der Waals surface area contributed by atoms with Crippen LogP contribution in [0.3, 0.4) is 0 Å². The number of carbonyl (C=O) groups excluding carboxylic acids is 3. The monoisotopic (exact) mass is 555 g/mol. The Morgan fingerprint density at radius 3 is 2.48 bits per heavy atom. The number of esters is 1. The fourth-order valence-corrected chi connectivity index (χ4v) is 4.01. The highest BCUT2D eigenvalue weighted by atomic mass is 16.5. The number of anilines is 2. The number of rotatable bonds is 7. The van der Waals surface area contributed by atoms with Gasteiger partial charge in [-0.15, -0.1) is 0 Å². The predicted octanol–water partition coefficient (Wildman–Crippen LogP) is 3.79. The van der Waals surface area contributed by atoms with Crippen LogP contribution in [0.25, 0.3) is 11.1 Å². The van der Waals surface area contributed by atoms with E-state index in [1.807, 2.05) is 0 Å². The molecule has 0 atom stereocenters. The van der Waals surface area contributed by atoms with Crippen molar-refractivity contribution in [2.75, 3.05) is 63.8 Å². The lowest BCUT2D eigenvalue weighted by Crippen LogP contribution is -2.48. The number of likely N-dealkylation sites (N-methyl/N-ethyl adjacent to an activating group) is 2. The maximum absolute atomic E-state index is 14.2. The number of methoxy groups -OCH3 is 1. The zero-order valence-electron chi connectivity index (χ0n) is 38.3. The number of benzene rings is 3. The lowest BCUT2D eigenvalue weighted by atomic mass is 9.90. The molecular weight excluding hydrogens is 504 g/mol. The number of hydrogen-bond acceptors (Lipinski definition) is 6. The molecule has 3 aromatic carbocycles. The van der Waals surface area contributed by atoms with Crippen LogP contribution in [0.15, 0.2) is 72.7 Å². The minimum atomic E-state index is -4.28. The van der Waals surface area contributed by atoms with Crippen LogP contribution < -0.4 is 10.2 Å². The maximum Gasteiger partial charge on any atom is 0.337 e. The zero-order valence-corrected chi connectivity index (χ0v) is 21.3. The van der Waals surface area contributed by atoms with E-state index in [1.165, 1.54) is 25.3 Å². The van der Waals surface area contributed by atoms with Gasteiger partial charge in [-0.1, -0.05) is 48.5 Å². The van der Waals surface area contributed by atoms with Gasteiger partial charge in [0.1, 0.15) is 0 Å². The van der Waals surface area contributed by atoms with Gasteiger partial charge >= 0.3 is 5.97 Å².